The van der Waals surface area contributed by atoms with Crippen LogP contribution in [0.15, 0.2) is 109 Å². The van der Waals surface area contributed by atoms with Crippen LogP contribution < -0.4 is 4.74 Å². The van der Waals surface area contributed by atoms with Crippen LogP contribution in [-0.2, 0) is 5.41 Å². The smallest absolute Gasteiger partial charge is 0.127 e. The summed E-state index contributed by atoms with van der Waals surface area (Å²) in [5, 5.41) is 0. The van der Waals surface area contributed by atoms with Crippen LogP contribution >= 0.6 is 12.6 Å². The van der Waals surface area contributed by atoms with Crippen molar-refractivity contribution in [1.82, 2.24) is 0 Å². The summed E-state index contributed by atoms with van der Waals surface area (Å²) in [5.74, 6) is 6.00. The van der Waals surface area contributed by atoms with Crippen LogP contribution in [0.1, 0.15) is 66.7 Å². The topological polar surface area (TPSA) is 9.23 Å². The van der Waals surface area contributed by atoms with Crippen molar-refractivity contribution in [3.05, 3.63) is 131 Å². The Morgan fingerprint density at radius 2 is 1.26 bits per heavy atom. The summed E-state index contributed by atoms with van der Waals surface area (Å²) < 4.78 is 6.33. The Balaban J connectivity index is 0.000000280. The average molecular weight is 571 g/mol. The third-order valence-corrected chi connectivity index (χ3v) is 10.8. The van der Waals surface area contributed by atoms with Gasteiger partial charge in [-0.25, -0.2) is 0 Å². The maximum atomic E-state index is 6.33. The fourth-order valence-corrected chi connectivity index (χ4v) is 8.67. The summed E-state index contributed by atoms with van der Waals surface area (Å²) in [7, 11) is 0. The number of hydrogen-bond donors (Lipinski definition) is 1. The third kappa shape index (κ3) is 4.73. The molecule has 0 N–H and O–H groups in total. The van der Waals surface area contributed by atoms with Gasteiger partial charge in [0.25, 0.3) is 0 Å². The van der Waals surface area contributed by atoms with Crippen LogP contribution in [0, 0.1) is 30.6 Å². The van der Waals surface area contributed by atoms with Gasteiger partial charge in [-0.05, 0) is 127 Å². The minimum absolute atomic E-state index is 0.165. The van der Waals surface area contributed by atoms with Crippen molar-refractivity contribution < 1.29 is 4.74 Å². The monoisotopic (exact) mass is 570 g/mol. The molecule has 1 spiro atoms. The highest BCUT2D eigenvalue weighted by atomic mass is 32.1. The second-order valence-electron chi connectivity index (χ2n) is 13.0. The van der Waals surface area contributed by atoms with Gasteiger partial charge in [-0.15, -0.1) is 0 Å². The van der Waals surface area contributed by atoms with E-state index in [1.54, 1.807) is 17.4 Å². The molecular weight excluding hydrogens is 529 g/mol. The molecule has 9 rings (SSSR count). The molecular formula is C40H42OS. The molecule has 3 saturated carbocycles. The molecule has 214 valence electrons. The molecule has 2 heteroatoms. The predicted octanol–water partition coefficient (Wildman–Crippen LogP) is 10.8. The van der Waals surface area contributed by atoms with E-state index in [9.17, 15) is 0 Å². The molecule has 4 aromatic carbocycles. The van der Waals surface area contributed by atoms with Crippen molar-refractivity contribution >= 4 is 12.6 Å². The summed E-state index contributed by atoms with van der Waals surface area (Å²) in [4.78, 5) is 0. The second kappa shape index (κ2) is 11.5. The number of thiol groups is 1. The molecule has 5 aliphatic rings. The summed E-state index contributed by atoms with van der Waals surface area (Å²) in [6, 6.07) is 34.9. The van der Waals surface area contributed by atoms with Crippen LogP contribution in [0.5, 0.6) is 11.5 Å². The van der Waals surface area contributed by atoms with E-state index >= 15 is 0 Å². The fourth-order valence-electron chi connectivity index (χ4n) is 8.67. The van der Waals surface area contributed by atoms with Gasteiger partial charge in [0, 0.05) is 5.41 Å². The first-order chi connectivity index (χ1) is 20.7. The number of fused-ring (bicyclic) bond motifs is 10. The lowest BCUT2D eigenvalue weighted by Crippen LogP contribution is -2.24. The first-order valence-electron chi connectivity index (χ1n) is 15.8. The Bertz CT molecular complexity index is 1550. The number of hydrogen-bond acceptors (Lipinski definition) is 2. The van der Waals surface area contributed by atoms with Crippen molar-refractivity contribution in [1.29, 1.82) is 0 Å². The number of ether oxygens (including phenoxy) is 1. The quantitative estimate of drug-likeness (QED) is 0.190. The lowest BCUT2D eigenvalue weighted by molar-refractivity contribution is 0.364. The highest BCUT2D eigenvalue weighted by Crippen LogP contribution is 2.67. The highest BCUT2D eigenvalue weighted by Gasteiger charge is 2.58. The lowest BCUT2D eigenvalue weighted by Gasteiger charge is -2.31. The third-order valence-electron chi connectivity index (χ3n) is 10.8. The Morgan fingerprint density at radius 3 is 1.83 bits per heavy atom. The Labute approximate surface area is 257 Å². The summed E-state index contributed by atoms with van der Waals surface area (Å²) in [6.45, 7) is 2.08. The van der Waals surface area contributed by atoms with Gasteiger partial charge in [0.1, 0.15) is 11.5 Å². The first kappa shape index (κ1) is 27.6. The number of allylic oxidation sites excluding steroid dienone is 2. The largest absolute Gasteiger partial charge is 0.457 e. The SMILES string of the molecule is C1=CC2CC1C1CC3(CC21)c1cc(Oc2ccccc2)ccc1-c1ccc(C2CCC2)cc13.CS.Cc1ccccc1. The number of benzene rings is 4. The van der Waals surface area contributed by atoms with Gasteiger partial charge in [-0.1, -0.05) is 96.9 Å². The molecule has 4 atom stereocenters. The zero-order valence-corrected chi connectivity index (χ0v) is 25.8. The predicted molar refractivity (Wildman–Crippen MR) is 179 cm³/mol. The molecule has 3 fully saturated rings. The van der Waals surface area contributed by atoms with E-state index in [-0.39, 0.29) is 5.41 Å². The molecule has 0 aromatic heterocycles. The number of para-hydroxylation sites is 1. The second-order valence-corrected chi connectivity index (χ2v) is 13.0. The van der Waals surface area contributed by atoms with E-state index in [0.29, 0.717) is 0 Å². The Kier molecular flexibility index (Phi) is 7.53. The van der Waals surface area contributed by atoms with E-state index in [1.807, 2.05) is 48.5 Å². The molecule has 4 unspecified atom stereocenters. The molecule has 0 heterocycles. The minimum Gasteiger partial charge on any atom is -0.457 e. The first-order valence-corrected chi connectivity index (χ1v) is 16.7. The Hall–Kier alpha value is -3.23. The fraction of sp³-hybridized carbons (Fsp3) is 0.350. The number of aryl methyl sites for hydroxylation is 1. The van der Waals surface area contributed by atoms with Crippen molar-refractivity contribution in [2.45, 2.75) is 56.8 Å². The van der Waals surface area contributed by atoms with Gasteiger partial charge in [0.2, 0.25) is 0 Å². The van der Waals surface area contributed by atoms with Crippen LogP contribution in [0.4, 0.5) is 0 Å². The molecule has 4 aromatic rings. The maximum absolute atomic E-state index is 6.33. The van der Waals surface area contributed by atoms with Crippen molar-refractivity contribution in [3.8, 4) is 22.6 Å². The van der Waals surface area contributed by atoms with Crippen molar-refractivity contribution in [3.63, 3.8) is 0 Å². The summed E-state index contributed by atoms with van der Waals surface area (Å²) in [6.07, 6.45) is 14.9. The lowest BCUT2D eigenvalue weighted by atomic mass is 9.72. The highest BCUT2D eigenvalue weighted by molar-refractivity contribution is 7.79. The van der Waals surface area contributed by atoms with E-state index in [4.69, 9.17) is 4.74 Å². The van der Waals surface area contributed by atoms with Crippen LogP contribution in [0.25, 0.3) is 11.1 Å². The van der Waals surface area contributed by atoms with Gasteiger partial charge >= 0.3 is 0 Å². The van der Waals surface area contributed by atoms with Crippen LogP contribution in [0.3, 0.4) is 0 Å². The molecule has 0 aliphatic heterocycles. The van der Waals surface area contributed by atoms with Crippen LogP contribution in [0.2, 0.25) is 0 Å². The zero-order valence-electron chi connectivity index (χ0n) is 24.9. The molecule has 1 nitrogen and oxygen atoms in total. The average Bonchev–Trinajstić information content (AvgIpc) is 3.76. The van der Waals surface area contributed by atoms with E-state index in [1.165, 1.54) is 60.8 Å². The van der Waals surface area contributed by atoms with Gasteiger partial charge < -0.3 is 4.74 Å². The summed E-state index contributed by atoms with van der Waals surface area (Å²) in [5.41, 5.74) is 9.18. The zero-order chi connectivity index (χ0) is 28.7. The maximum Gasteiger partial charge on any atom is 0.127 e. The molecule has 42 heavy (non-hydrogen) atoms. The van der Waals surface area contributed by atoms with E-state index in [2.05, 4.69) is 80.2 Å². The molecule has 0 radical (unpaired) electrons. The molecule has 2 bridgehead atoms. The minimum atomic E-state index is 0.165. The van der Waals surface area contributed by atoms with Gasteiger partial charge in [-0.3, -0.25) is 0 Å². The van der Waals surface area contributed by atoms with Gasteiger partial charge in [0.15, 0.2) is 0 Å². The standard InChI is InChI=1S/C32H30O.C7H8.CH4S/c1-2-7-24(8-3-1)33-25-12-14-27-26-13-11-21(20-5-4-6-20)16-30(26)32(31(27)17-25)18-28-22-9-10-23(15-22)29(28)19-32;1-7-5-3-2-4-6-7;1-2/h1-3,7-14,16-17,20,22-23,28-29H,4-6,15,18-19H2;2-6H,1H3;2H,1H3. The van der Waals surface area contributed by atoms with Crippen molar-refractivity contribution in [2.24, 2.45) is 23.7 Å². The van der Waals surface area contributed by atoms with Gasteiger partial charge in [0.05, 0.1) is 0 Å². The van der Waals surface area contributed by atoms with Gasteiger partial charge in [-0.2, -0.15) is 12.6 Å². The van der Waals surface area contributed by atoms with E-state index in [0.717, 1.165) is 41.1 Å². The Morgan fingerprint density at radius 1 is 0.667 bits per heavy atom. The summed E-state index contributed by atoms with van der Waals surface area (Å²) >= 11 is 3.53. The van der Waals surface area contributed by atoms with Crippen molar-refractivity contribution in [2.75, 3.05) is 6.26 Å². The number of rotatable bonds is 3. The van der Waals surface area contributed by atoms with E-state index < -0.39 is 0 Å². The normalized spacial score (nSPS) is 27.2. The van der Waals surface area contributed by atoms with Crippen LogP contribution in [-0.4, -0.2) is 6.26 Å². The molecule has 5 aliphatic carbocycles. The molecule has 0 saturated heterocycles. The molecule has 0 amide bonds.